The number of aromatic amines is 1. The zero-order chi connectivity index (χ0) is 18.7. The van der Waals surface area contributed by atoms with Crippen LogP contribution in [0.1, 0.15) is 18.4 Å². The molecular weight excluding hydrogens is 387 g/mol. The van der Waals surface area contributed by atoms with Crippen LogP contribution in [0.4, 0.5) is 0 Å². The van der Waals surface area contributed by atoms with E-state index in [9.17, 15) is 0 Å². The third-order valence-electron chi connectivity index (χ3n) is 4.51. The standard InChI is InChI=1S/C20H22Cl2N2OS/c1-25-17-9-6-12(26-2)11-14(17)19-13(5-3-4-10-23)18-15(21)7-8-16(22)20(18)24-19/h6-9,11,24H,3-5,10,23H2,1-2H3. The largest absolute Gasteiger partial charge is 0.496 e. The molecule has 0 fully saturated rings. The van der Waals surface area contributed by atoms with Gasteiger partial charge in [0.1, 0.15) is 5.75 Å². The van der Waals surface area contributed by atoms with E-state index in [-0.39, 0.29) is 0 Å². The molecule has 0 saturated carbocycles. The first-order chi connectivity index (χ1) is 12.6. The summed E-state index contributed by atoms with van der Waals surface area (Å²) < 4.78 is 5.62. The molecule has 26 heavy (non-hydrogen) atoms. The van der Waals surface area contributed by atoms with Gasteiger partial charge < -0.3 is 15.5 Å². The van der Waals surface area contributed by atoms with Crippen molar-refractivity contribution in [3.05, 3.63) is 45.9 Å². The lowest BCUT2D eigenvalue weighted by molar-refractivity contribution is 0.416. The maximum absolute atomic E-state index is 6.54. The van der Waals surface area contributed by atoms with Crippen LogP contribution in [0, 0.1) is 0 Å². The average Bonchev–Trinajstić information content (AvgIpc) is 3.05. The van der Waals surface area contributed by atoms with E-state index in [0.717, 1.165) is 52.7 Å². The van der Waals surface area contributed by atoms with Gasteiger partial charge in [0.05, 0.1) is 28.4 Å². The number of fused-ring (bicyclic) bond motifs is 1. The zero-order valence-corrected chi connectivity index (χ0v) is 17.2. The normalized spacial score (nSPS) is 11.3. The highest BCUT2D eigenvalue weighted by atomic mass is 35.5. The van der Waals surface area contributed by atoms with Gasteiger partial charge in [-0.15, -0.1) is 11.8 Å². The van der Waals surface area contributed by atoms with Gasteiger partial charge in [-0.2, -0.15) is 0 Å². The summed E-state index contributed by atoms with van der Waals surface area (Å²) in [6, 6.07) is 9.88. The molecule has 0 aliphatic carbocycles. The summed E-state index contributed by atoms with van der Waals surface area (Å²) >= 11 is 14.7. The molecule has 0 aliphatic rings. The highest BCUT2D eigenvalue weighted by molar-refractivity contribution is 7.98. The summed E-state index contributed by atoms with van der Waals surface area (Å²) in [6.45, 7) is 0.678. The van der Waals surface area contributed by atoms with Crippen molar-refractivity contribution >= 4 is 45.9 Å². The van der Waals surface area contributed by atoms with E-state index in [4.69, 9.17) is 33.7 Å². The fraction of sp³-hybridized carbons (Fsp3) is 0.300. The number of benzene rings is 2. The number of aromatic nitrogens is 1. The Labute approximate surface area is 168 Å². The molecule has 2 aromatic carbocycles. The number of nitrogens with two attached hydrogens (primary N) is 1. The van der Waals surface area contributed by atoms with Crippen LogP contribution in [0.5, 0.6) is 5.75 Å². The lowest BCUT2D eigenvalue weighted by atomic mass is 9.99. The van der Waals surface area contributed by atoms with Crippen LogP contribution >= 0.6 is 35.0 Å². The minimum absolute atomic E-state index is 0.663. The Morgan fingerprint density at radius 1 is 1.12 bits per heavy atom. The minimum atomic E-state index is 0.663. The van der Waals surface area contributed by atoms with Crippen molar-refractivity contribution < 1.29 is 4.74 Å². The molecule has 3 aromatic rings. The fourth-order valence-electron chi connectivity index (χ4n) is 3.23. The van der Waals surface area contributed by atoms with E-state index in [1.807, 2.05) is 18.2 Å². The number of hydrogen-bond acceptors (Lipinski definition) is 3. The Morgan fingerprint density at radius 3 is 2.58 bits per heavy atom. The van der Waals surface area contributed by atoms with Crippen molar-refractivity contribution in [2.75, 3.05) is 19.9 Å². The predicted octanol–water partition coefficient (Wildman–Crippen LogP) is 6.15. The molecule has 0 amide bonds. The quantitative estimate of drug-likeness (QED) is 0.363. The van der Waals surface area contributed by atoms with E-state index >= 15 is 0 Å². The Morgan fingerprint density at radius 2 is 1.88 bits per heavy atom. The third kappa shape index (κ3) is 3.70. The van der Waals surface area contributed by atoms with Crippen LogP contribution in [0.25, 0.3) is 22.2 Å². The van der Waals surface area contributed by atoms with Gasteiger partial charge in [-0.25, -0.2) is 0 Å². The number of hydrogen-bond donors (Lipinski definition) is 2. The smallest absolute Gasteiger partial charge is 0.128 e. The maximum atomic E-state index is 6.54. The second kappa shape index (κ2) is 8.57. The molecule has 3 rings (SSSR count). The summed E-state index contributed by atoms with van der Waals surface area (Å²) in [5.41, 5.74) is 9.76. The van der Waals surface area contributed by atoms with Gasteiger partial charge in [0.15, 0.2) is 0 Å². The predicted molar refractivity (Wildman–Crippen MR) is 114 cm³/mol. The maximum Gasteiger partial charge on any atom is 0.128 e. The molecule has 0 atom stereocenters. The first-order valence-electron chi connectivity index (χ1n) is 8.51. The number of halogens is 2. The van der Waals surface area contributed by atoms with Gasteiger partial charge in [-0.3, -0.25) is 0 Å². The lowest BCUT2D eigenvalue weighted by Crippen LogP contribution is -1.99. The molecule has 0 aliphatic heterocycles. The SMILES string of the molecule is COc1ccc(SC)cc1-c1[nH]c2c(Cl)ccc(Cl)c2c1CCCCN. The third-order valence-corrected chi connectivity index (χ3v) is 5.87. The van der Waals surface area contributed by atoms with E-state index in [2.05, 4.69) is 23.4 Å². The summed E-state index contributed by atoms with van der Waals surface area (Å²) in [6.07, 6.45) is 4.89. The van der Waals surface area contributed by atoms with Crippen molar-refractivity contribution in [1.29, 1.82) is 0 Å². The highest BCUT2D eigenvalue weighted by Gasteiger charge is 2.20. The second-order valence-corrected chi connectivity index (χ2v) is 7.76. The van der Waals surface area contributed by atoms with Crippen molar-refractivity contribution in [2.24, 2.45) is 5.73 Å². The Kier molecular flexibility index (Phi) is 6.41. The highest BCUT2D eigenvalue weighted by Crippen LogP contribution is 2.42. The number of unbranched alkanes of at least 4 members (excludes halogenated alkanes) is 1. The average molecular weight is 409 g/mol. The minimum Gasteiger partial charge on any atom is -0.496 e. The molecule has 0 unspecified atom stereocenters. The summed E-state index contributed by atoms with van der Waals surface area (Å²) in [4.78, 5) is 4.68. The van der Waals surface area contributed by atoms with Gasteiger partial charge >= 0.3 is 0 Å². The van der Waals surface area contributed by atoms with Crippen LogP contribution in [0.3, 0.4) is 0 Å². The first kappa shape index (κ1) is 19.4. The van der Waals surface area contributed by atoms with Crippen LogP contribution in [-0.4, -0.2) is 24.9 Å². The molecule has 0 bridgehead atoms. The molecule has 1 aromatic heterocycles. The molecule has 6 heteroatoms. The number of methoxy groups -OCH3 is 1. The van der Waals surface area contributed by atoms with Crippen LogP contribution in [0.2, 0.25) is 10.0 Å². The first-order valence-corrected chi connectivity index (χ1v) is 10.5. The summed E-state index contributed by atoms with van der Waals surface area (Å²) in [7, 11) is 1.69. The number of H-pyrrole nitrogens is 1. The monoisotopic (exact) mass is 408 g/mol. The zero-order valence-electron chi connectivity index (χ0n) is 14.9. The van der Waals surface area contributed by atoms with Crippen molar-refractivity contribution in [3.8, 4) is 17.0 Å². The Hall–Kier alpha value is -1.33. The molecule has 138 valence electrons. The number of rotatable bonds is 7. The summed E-state index contributed by atoms with van der Waals surface area (Å²) in [5, 5.41) is 2.35. The van der Waals surface area contributed by atoms with Gasteiger partial charge in [-0.1, -0.05) is 23.2 Å². The van der Waals surface area contributed by atoms with Crippen molar-refractivity contribution in [3.63, 3.8) is 0 Å². The van der Waals surface area contributed by atoms with Crippen molar-refractivity contribution in [2.45, 2.75) is 24.2 Å². The van der Waals surface area contributed by atoms with Gasteiger partial charge in [0.25, 0.3) is 0 Å². The topological polar surface area (TPSA) is 51.0 Å². The van der Waals surface area contributed by atoms with E-state index in [1.54, 1.807) is 18.9 Å². The van der Waals surface area contributed by atoms with Crippen molar-refractivity contribution in [1.82, 2.24) is 4.98 Å². The number of thioether (sulfide) groups is 1. The number of nitrogens with one attached hydrogen (secondary N) is 1. The number of aryl methyl sites for hydroxylation is 1. The molecule has 0 spiro atoms. The molecule has 3 nitrogen and oxygen atoms in total. The molecular formula is C20H22Cl2N2OS. The fourth-order valence-corrected chi connectivity index (χ4v) is 4.15. The van der Waals surface area contributed by atoms with E-state index in [0.29, 0.717) is 16.6 Å². The number of ether oxygens (including phenoxy) is 1. The molecule has 0 saturated heterocycles. The summed E-state index contributed by atoms with van der Waals surface area (Å²) in [5.74, 6) is 0.821. The van der Waals surface area contributed by atoms with Crippen LogP contribution in [0.15, 0.2) is 35.2 Å². The molecule has 1 heterocycles. The Bertz CT molecular complexity index is 924. The molecule has 3 N–H and O–H groups in total. The van der Waals surface area contributed by atoms with Crippen LogP contribution < -0.4 is 10.5 Å². The molecule has 0 radical (unpaired) electrons. The Balaban J connectivity index is 2.26. The van der Waals surface area contributed by atoms with Gasteiger partial charge in [0, 0.05) is 15.8 Å². The van der Waals surface area contributed by atoms with Gasteiger partial charge in [-0.05, 0) is 68.0 Å². The van der Waals surface area contributed by atoms with E-state index in [1.165, 1.54) is 4.90 Å². The van der Waals surface area contributed by atoms with Crippen LogP contribution in [-0.2, 0) is 6.42 Å². The van der Waals surface area contributed by atoms with E-state index < -0.39 is 0 Å². The van der Waals surface area contributed by atoms with Gasteiger partial charge in [0.2, 0.25) is 0 Å². The lowest BCUT2D eigenvalue weighted by Gasteiger charge is -2.11. The second-order valence-electron chi connectivity index (χ2n) is 6.07.